The van der Waals surface area contributed by atoms with Crippen LogP contribution in [0.4, 0.5) is 0 Å². The van der Waals surface area contributed by atoms with Gasteiger partial charge in [0.25, 0.3) is 5.91 Å². The van der Waals surface area contributed by atoms with Crippen molar-refractivity contribution in [2.75, 3.05) is 13.1 Å². The number of amides is 1. The van der Waals surface area contributed by atoms with Crippen LogP contribution in [-0.4, -0.2) is 30.0 Å². The fourth-order valence-corrected chi connectivity index (χ4v) is 5.35. The van der Waals surface area contributed by atoms with E-state index in [1.807, 2.05) is 36.4 Å². The highest BCUT2D eigenvalue weighted by Gasteiger charge is 2.17. The SMILES string of the molecule is C=C1NCCNC(=O)c2cncc(c2)COc2cc(OCc3cccc(-c4ccccc4)c3C)c(Cl)cc2CN[C@H]1CC. The summed E-state index contributed by atoms with van der Waals surface area (Å²) in [5.74, 6) is 0.981. The molecule has 0 unspecified atom stereocenters. The predicted molar refractivity (Wildman–Crippen MR) is 171 cm³/mol. The Hall–Kier alpha value is -4.33. The fourth-order valence-electron chi connectivity index (χ4n) is 5.11. The van der Waals surface area contributed by atoms with Crippen molar-refractivity contribution in [3.63, 3.8) is 0 Å². The van der Waals surface area contributed by atoms with E-state index in [9.17, 15) is 4.79 Å². The Labute approximate surface area is 258 Å². The first-order chi connectivity index (χ1) is 20.9. The lowest BCUT2D eigenvalue weighted by Gasteiger charge is -2.23. The molecule has 3 N–H and O–H groups in total. The van der Waals surface area contributed by atoms with Crippen LogP contribution in [0.3, 0.4) is 0 Å². The van der Waals surface area contributed by atoms with Crippen LogP contribution in [-0.2, 0) is 19.8 Å². The number of rotatable bonds is 5. The van der Waals surface area contributed by atoms with Crippen LogP contribution in [0.25, 0.3) is 11.1 Å². The van der Waals surface area contributed by atoms with E-state index in [1.165, 1.54) is 5.56 Å². The lowest BCUT2D eigenvalue weighted by atomic mass is 9.97. The molecule has 4 aromatic rings. The number of pyridine rings is 1. The second-order valence-electron chi connectivity index (χ2n) is 10.6. The molecule has 1 aromatic heterocycles. The van der Waals surface area contributed by atoms with Gasteiger partial charge >= 0.3 is 0 Å². The molecule has 222 valence electrons. The normalized spacial score (nSPS) is 15.9. The van der Waals surface area contributed by atoms with Crippen molar-refractivity contribution in [2.24, 2.45) is 0 Å². The number of nitrogens with zero attached hydrogens (tertiary/aromatic N) is 1. The van der Waals surface area contributed by atoms with Gasteiger partial charge in [0.1, 0.15) is 24.7 Å². The van der Waals surface area contributed by atoms with Crippen molar-refractivity contribution in [2.45, 2.75) is 46.1 Å². The van der Waals surface area contributed by atoms with Crippen molar-refractivity contribution in [3.8, 4) is 22.6 Å². The van der Waals surface area contributed by atoms with Gasteiger partial charge in [-0.25, -0.2) is 0 Å². The Morgan fingerprint density at radius 1 is 1.02 bits per heavy atom. The van der Waals surface area contributed by atoms with E-state index in [0.29, 0.717) is 48.3 Å². The van der Waals surface area contributed by atoms with Crippen molar-refractivity contribution in [1.82, 2.24) is 20.9 Å². The van der Waals surface area contributed by atoms with Crippen LogP contribution < -0.4 is 25.4 Å². The Morgan fingerprint density at radius 2 is 1.84 bits per heavy atom. The first kappa shape index (κ1) is 30.1. The number of benzene rings is 3. The monoisotopic (exact) mass is 596 g/mol. The topological polar surface area (TPSA) is 84.5 Å². The van der Waals surface area contributed by atoms with E-state index in [0.717, 1.165) is 39.9 Å². The molecular formula is C35H37ClN4O3. The lowest BCUT2D eigenvalue weighted by Crippen LogP contribution is -2.38. The highest BCUT2D eigenvalue weighted by molar-refractivity contribution is 6.32. The number of hydrogen-bond donors (Lipinski definition) is 3. The predicted octanol–water partition coefficient (Wildman–Crippen LogP) is 6.58. The van der Waals surface area contributed by atoms with Crippen LogP contribution in [0, 0.1) is 6.92 Å². The van der Waals surface area contributed by atoms with Gasteiger partial charge in [-0.1, -0.05) is 73.6 Å². The average molecular weight is 597 g/mol. The summed E-state index contributed by atoms with van der Waals surface area (Å²) in [5.41, 5.74) is 7.57. The molecule has 5 rings (SSSR count). The molecule has 1 aliphatic rings. The highest BCUT2D eigenvalue weighted by atomic mass is 35.5. The van der Waals surface area contributed by atoms with Gasteiger partial charge in [-0.05, 0) is 47.7 Å². The van der Waals surface area contributed by atoms with E-state index in [2.05, 4.69) is 65.6 Å². The Kier molecular flexibility index (Phi) is 9.97. The average Bonchev–Trinajstić information content (AvgIpc) is 3.03. The lowest BCUT2D eigenvalue weighted by molar-refractivity contribution is 0.0953. The van der Waals surface area contributed by atoms with Gasteiger partial charge < -0.3 is 25.4 Å². The summed E-state index contributed by atoms with van der Waals surface area (Å²) in [6.07, 6.45) is 4.09. The van der Waals surface area contributed by atoms with Crippen molar-refractivity contribution >= 4 is 17.5 Å². The number of ether oxygens (including phenoxy) is 2. The van der Waals surface area contributed by atoms with E-state index in [4.69, 9.17) is 21.1 Å². The first-order valence-electron chi connectivity index (χ1n) is 14.5. The van der Waals surface area contributed by atoms with Gasteiger partial charge in [0.05, 0.1) is 10.6 Å². The Morgan fingerprint density at radius 3 is 2.65 bits per heavy atom. The van der Waals surface area contributed by atoms with Crippen LogP contribution >= 0.6 is 11.6 Å². The molecule has 0 fully saturated rings. The summed E-state index contributed by atoms with van der Waals surface area (Å²) < 4.78 is 12.6. The summed E-state index contributed by atoms with van der Waals surface area (Å²) in [4.78, 5) is 16.9. The van der Waals surface area contributed by atoms with Crippen molar-refractivity contribution in [1.29, 1.82) is 0 Å². The second kappa shape index (κ2) is 14.2. The third-order valence-electron chi connectivity index (χ3n) is 7.61. The molecule has 0 saturated heterocycles. The van der Waals surface area contributed by atoms with Crippen molar-refractivity contribution in [3.05, 3.63) is 124 Å². The van der Waals surface area contributed by atoms with Gasteiger partial charge in [-0.2, -0.15) is 0 Å². The second-order valence-corrected chi connectivity index (χ2v) is 11.0. The standard InChI is InChI=1S/C35H37ClN4O3/c1-4-32-24(3)38-13-14-39-35(41)29-15-25(18-37-19-29)21-42-33-17-34(31(36)16-28(33)20-40-32)43-22-27-11-8-12-30(23(27)2)26-9-6-5-7-10-26/h5-12,15-19,32,38,40H,3-4,13-14,20-22H2,1-2H3,(H,39,41)/t32-/m0/s1. The summed E-state index contributed by atoms with van der Waals surface area (Å²) in [6, 6.07) is 22.1. The minimum absolute atomic E-state index is 0.0166. The number of nitrogens with one attached hydrogen (secondary N) is 3. The number of halogens is 1. The van der Waals surface area contributed by atoms with E-state index in [-0.39, 0.29) is 18.6 Å². The van der Waals surface area contributed by atoms with Crippen LogP contribution in [0.15, 0.2) is 91.4 Å². The molecule has 7 nitrogen and oxygen atoms in total. The summed E-state index contributed by atoms with van der Waals surface area (Å²) in [7, 11) is 0. The van der Waals surface area contributed by atoms with E-state index >= 15 is 0 Å². The zero-order chi connectivity index (χ0) is 30.2. The third-order valence-corrected chi connectivity index (χ3v) is 7.91. The molecule has 2 bridgehead atoms. The van der Waals surface area contributed by atoms with Crippen LogP contribution in [0.2, 0.25) is 5.02 Å². The zero-order valence-corrected chi connectivity index (χ0v) is 25.3. The number of aromatic nitrogens is 1. The summed E-state index contributed by atoms with van der Waals surface area (Å²) in [5, 5.41) is 10.3. The van der Waals surface area contributed by atoms with Gasteiger partial charge in [0.2, 0.25) is 0 Å². The number of fused-ring (bicyclic) bond motifs is 3. The molecule has 0 aliphatic carbocycles. The molecule has 0 spiro atoms. The smallest absolute Gasteiger partial charge is 0.252 e. The molecule has 1 atom stereocenters. The zero-order valence-electron chi connectivity index (χ0n) is 24.6. The Bertz CT molecular complexity index is 1590. The van der Waals surface area contributed by atoms with Crippen LogP contribution in [0.1, 0.15) is 46.0 Å². The first-order valence-corrected chi connectivity index (χ1v) is 14.9. The van der Waals surface area contributed by atoms with Gasteiger partial charge in [0, 0.05) is 61.0 Å². The Balaban J connectivity index is 1.42. The molecule has 1 aliphatic heterocycles. The largest absolute Gasteiger partial charge is 0.488 e. The highest BCUT2D eigenvalue weighted by Crippen LogP contribution is 2.35. The molecular weight excluding hydrogens is 560 g/mol. The molecule has 0 saturated carbocycles. The van der Waals surface area contributed by atoms with Gasteiger partial charge in [-0.3, -0.25) is 9.78 Å². The quantitative estimate of drug-likeness (QED) is 0.241. The maximum Gasteiger partial charge on any atom is 0.252 e. The number of hydrogen-bond acceptors (Lipinski definition) is 6. The van der Waals surface area contributed by atoms with Crippen molar-refractivity contribution < 1.29 is 14.3 Å². The minimum atomic E-state index is -0.187. The number of carbonyl (C=O) groups excluding carboxylic acids is 1. The van der Waals surface area contributed by atoms with Crippen LogP contribution in [0.5, 0.6) is 11.5 Å². The van der Waals surface area contributed by atoms with E-state index in [1.54, 1.807) is 18.5 Å². The van der Waals surface area contributed by atoms with Gasteiger partial charge in [-0.15, -0.1) is 0 Å². The molecule has 2 heterocycles. The maximum atomic E-state index is 12.7. The molecule has 8 heteroatoms. The molecule has 1 amide bonds. The third kappa shape index (κ3) is 7.55. The fraction of sp³-hybridized carbons (Fsp3) is 0.257. The summed E-state index contributed by atoms with van der Waals surface area (Å²) >= 11 is 6.78. The number of carbonyl (C=O) groups is 1. The minimum Gasteiger partial charge on any atom is -0.488 e. The molecule has 0 radical (unpaired) electrons. The molecule has 43 heavy (non-hydrogen) atoms. The van der Waals surface area contributed by atoms with Gasteiger partial charge in [0.15, 0.2) is 0 Å². The molecule has 3 aromatic carbocycles. The summed E-state index contributed by atoms with van der Waals surface area (Å²) in [6.45, 7) is 10.5. The maximum absolute atomic E-state index is 12.7. The van der Waals surface area contributed by atoms with E-state index < -0.39 is 0 Å².